The van der Waals surface area contributed by atoms with E-state index in [1.54, 1.807) is 24.3 Å². The highest BCUT2D eigenvalue weighted by molar-refractivity contribution is 6.32. The molecule has 0 bridgehead atoms. The van der Waals surface area contributed by atoms with E-state index in [1.165, 1.54) is 18.2 Å². The lowest BCUT2D eigenvalue weighted by Crippen LogP contribution is -2.21. The number of halogens is 1. The van der Waals surface area contributed by atoms with Crippen LogP contribution in [0.15, 0.2) is 82.0 Å². The van der Waals surface area contributed by atoms with E-state index >= 15 is 0 Å². The van der Waals surface area contributed by atoms with E-state index in [2.05, 4.69) is 0 Å². The molecule has 1 atom stereocenters. The van der Waals surface area contributed by atoms with Crippen molar-refractivity contribution in [2.75, 3.05) is 6.61 Å². The Morgan fingerprint density at radius 2 is 1.80 bits per heavy atom. The third-order valence-electron chi connectivity index (χ3n) is 4.94. The van der Waals surface area contributed by atoms with Gasteiger partial charge in [0.05, 0.1) is 17.0 Å². The third-order valence-corrected chi connectivity index (χ3v) is 5.24. The van der Waals surface area contributed by atoms with Gasteiger partial charge in [-0.15, -0.1) is 0 Å². The molecule has 3 N–H and O–H groups in total. The van der Waals surface area contributed by atoms with E-state index < -0.39 is 12.1 Å². The highest BCUT2D eigenvalue weighted by Gasteiger charge is 2.14. The second-order valence-electron chi connectivity index (χ2n) is 7.69. The molecule has 0 spiro atoms. The molecule has 1 unspecified atom stereocenters. The maximum atomic E-state index is 12.0. The van der Waals surface area contributed by atoms with Gasteiger partial charge in [-0.3, -0.25) is 4.79 Å². The topological polar surface area (TPSA) is 117 Å². The van der Waals surface area contributed by atoms with Gasteiger partial charge >= 0.3 is 5.97 Å². The lowest BCUT2D eigenvalue weighted by atomic mass is 10.1. The zero-order valence-electron chi connectivity index (χ0n) is 19.0. The van der Waals surface area contributed by atoms with Crippen molar-refractivity contribution in [3.8, 4) is 22.8 Å². The fourth-order valence-electron chi connectivity index (χ4n) is 3.20. The van der Waals surface area contributed by atoms with Crippen LogP contribution >= 0.6 is 11.6 Å². The van der Waals surface area contributed by atoms with Gasteiger partial charge in [0.15, 0.2) is 11.5 Å². The summed E-state index contributed by atoms with van der Waals surface area (Å²) in [6.45, 7) is 2.57. The van der Waals surface area contributed by atoms with Gasteiger partial charge in [-0.05, 0) is 42.3 Å². The molecule has 0 saturated heterocycles. The standard InChI is InChI=1S/C15H10O3.C12H15ClO4/c16-11-6-7-14-12(8-11)13(17)9-15(18-14)10-4-2-1-3-5-10;1-2-5-17-11-4-3-8(6-9(11)13)7-10(14)12(15)16/h1-9,16H;3-4,6,10,14H,2,5,7H2,1H3,(H,15,16). The molecule has 0 fully saturated rings. The molecular weight excluding hydrogens is 472 g/mol. The Morgan fingerprint density at radius 3 is 2.46 bits per heavy atom. The minimum absolute atomic E-state index is 0.0309. The Hall–Kier alpha value is -3.81. The Labute approximate surface area is 206 Å². The van der Waals surface area contributed by atoms with Gasteiger partial charge in [0.2, 0.25) is 0 Å². The molecule has 1 heterocycles. The molecule has 4 rings (SSSR count). The summed E-state index contributed by atoms with van der Waals surface area (Å²) in [4.78, 5) is 22.4. The number of fused-ring (bicyclic) bond motifs is 1. The van der Waals surface area contributed by atoms with Crippen molar-refractivity contribution in [1.29, 1.82) is 0 Å². The van der Waals surface area contributed by atoms with E-state index in [0.717, 1.165) is 12.0 Å². The normalized spacial score (nSPS) is 11.4. The number of aliphatic carboxylic acids is 1. The van der Waals surface area contributed by atoms with Crippen LogP contribution in [-0.4, -0.2) is 34.0 Å². The predicted molar refractivity (Wildman–Crippen MR) is 134 cm³/mol. The van der Waals surface area contributed by atoms with Crippen LogP contribution in [0, 0.1) is 0 Å². The number of rotatable bonds is 7. The predicted octanol–water partition coefficient (Wildman–Crippen LogP) is 5.28. The molecule has 0 aliphatic rings. The summed E-state index contributed by atoms with van der Waals surface area (Å²) < 4.78 is 11.1. The van der Waals surface area contributed by atoms with Crippen molar-refractivity contribution in [3.63, 3.8) is 0 Å². The summed E-state index contributed by atoms with van der Waals surface area (Å²) in [7, 11) is 0. The Balaban J connectivity index is 0.000000196. The number of benzene rings is 3. The Morgan fingerprint density at radius 1 is 1.06 bits per heavy atom. The van der Waals surface area contributed by atoms with Crippen LogP contribution in [0.1, 0.15) is 18.9 Å². The minimum atomic E-state index is -1.41. The van der Waals surface area contributed by atoms with E-state index in [1.807, 2.05) is 37.3 Å². The van der Waals surface area contributed by atoms with Gasteiger partial charge in [0, 0.05) is 18.1 Å². The summed E-state index contributed by atoms with van der Waals surface area (Å²) in [5, 5.41) is 28.0. The number of hydrogen-bond acceptors (Lipinski definition) is 6. The third kappa shape index (κ3) is 7.09. The van der Waals surface area contributed by atoms with Crippen LogP contribution < -0.4 is 10.2 Å². The van der Waals surface area contributed by atoms with Crippen molar-refractivity contribution in [1.82, 2.24) is 0 Å². The van der Waals surface area contributed by atoms with E-state index in [9.17, 15) is 19.8 Å². The first-order valence-electron chi connectivity index (χ1n) is 10.9. The second kappa shape index (κ2) is 12.1. The SMILES string of the molecule is CCCOc1ccc(CC(O)C(=O)O)cc1Cl.O=c1cc(-c2ccccc2)oc2ccc(O)cc12. The molecule has 4 aromatic rings. The van der Waals surface area contributed by atoms with Crippen molar-refractivity contribution in [2.45, 2.75) is 25.9 Å². The van der Waals surface area contributed by atoms with Gasteiger partial charge in [0.25, 0.3) is 0 Å². The maximum absolute atomic E-state index is 12.0. The molecule has 0 radical (unpaired) electrons. The first kappa shape index (κ1) is 25.8. The molecule has 0 saturated carbocycles. The number of hydrogen-bond donors (Lipinski definition) is 3. The van der Waals surface area contributed by atoms with Gasteiger partial charge in [-0.25, -0.2) is 4.79 Å². The van der Waals surface area contributed by atoms with Crippen molar-refractivity contribution in [3.05, 3.63) is 93.6 Å². The molecule has 7 nitrogen and oxygen atoms in total. The number of aromatic hydroxyl groups is 1. The number of carboxylic acid groups (broad SMARTS) is 1. The van der Waals surface area contributed by atoms with E-state index in [0.29, 0.717) is 39.7 Å². The number of phenolic OH excluding ortho intramolecular Hbond substituents is 1. The average molecular weight is 497 g/mol. The first-order chi connectivity index (χ1) is 16.8. The van der Waals surface area contributed by atoms with Gasteiger partial charge in [-0.2, -0.15) is 0 Å². The fourth-order valence-corrected chi connectivity index (χ4v) is 3.46. The van der Waals surface area contributed by atoms with Crippen LogP contribution in [0.4, 0.5) is 0 Å². The molecule has 35 heavy (non-hydrogen) atoms. The average Bonchev–Trinajstić information content (AvgIpc) is 2.85. The number of ether oxygens (including phenoxy) is 1. The summed E-state index contributed by atoms with van der Waals surface area (Å²) in [5.41, 5.74) is 1.82. The van der Waals surface area contributed by atoms with Gasteiger partial charge in [0.1, 0.15) is 22.8 Å². The smallest absolute Gasteiger partial charge is 0.332 e. The molecule has 0 amide bonds. The van der Waals surface area contributed by atoms with Crippen LogP contribution in [0.5, 0.6) is 11.5 Å². The van der Waals surface area contributed by atoms with Crippen LogP contribution in [0.25, 0.3) is 22.3 Å². The molecule has 3 aromatic carbocycles. The molecule has 1 aromatic heterocycles. The van der Waals surface area contributed by atoms with E-state index in [4.69, 9.17) is 25.9 Å². The highest BCUT2D eigenvalue weighted by Crippen LogP contribution is 2.26. The van der Waals surface area contributed by atoms with Gasteiger partial charge in [-0.1, -0.05) is 54.9 Å². The lowest BCUT2D eigenvalue weighted by Gasteiger charge is -2.09. The molecular formula is C27H25ClO7. The van der Waals surface area contributed by atoms with E-state index in [-0.39, 0.29) is 17.6 Å². The maximum Gasteiger partial charge on any atom is 0.332 e. The summed E-state index contributed by atoms with van der Waals surface area (Å²) in [6.07, 6.45) is -0.493. The Bertz CT molecular complexity index is 1350. The molecule has 182 valence electrons. The summed E-state index contributed by atoms with van der Waals surface area (Å²) in [6, 6.07) is 20.4. The number of phenols is 1. The second-order valence-corrected chi connectivity index (χ2v) is 8.10. The number of carbonyl (C=O) groups is 1. The van der Waals surface area contributed by atoms with Crippen molar-refractivity contribution < 1.29 is 29.3 Å². The van der Waals surface area contributed by atoms with Crippen LogP contribution in [0.2, 0.25) is 5.02 Å². The highest BCUT2D eigenvalue weighted by atomic mass is 35.5. The molecule has 0 aliphatic heterocycles. The fraction of sp³-hybridized carbons (Fsp3) is 0.185. The number of aliphatic hydroxyl groups is 1. The lowest BCUT2D eigenvalue weighted by molar-refractivity contribution is -0.146. The molecule has 0 aliphatic carbocycles. The minimum Gasteiger partial charge on any atom is -0.508 e. The van der Waals surface area contributed by atoms with Crippen LogP contribution in [0.3, 0.4) is 0 Å². The zero-order chi connectivity index (χ0) is 25.4. The Kier molecular flexibility index (Phi) is 8.89. The van der Waals surface area contributed by atoms with Crippen molar-refractivity contribution in [2.24, 2.45) is 0 Å². The largest absolute Gasteiger partial charge is 0.508 e. The number of carboxylic acids is 1. The van der Waals surface area contributed by atoms with Crippen molar-refractivity contribution >= 4 is 28.5 Å². The van der Waals surface area contributed by atoms with Gasteiger partial charge < -0.3 is 24.5 Å². The molecule has 8 heteroatoms. The zero-order valence-corrected chi connectivity index (χ0v) is 19.7. The summed E-state index contributed by atoms with van der Waals surface area (Å²) in [5.74, 6) is -0.0874. The first-order valence-corrected chi connectivity index (χ1v) is 11.3. The monoisotopic (exact) mass is 496 g/mol. The quantitative estimate of drug-likeness (QED) is 0.318. The van der Waals surface area contributed by atoms with Crippen LogP contribution in [-0.2, 0) is 11.2 Å². The summed E-state index contributed by atoms with van der Waals surface area (Å²) >= 11 is 5.97. The number of aliphatic hydroxyl groups excluding tert-OH is 1.